The van der Waals surface area contributed by atoms with Crippen molar-refractivity contribution in [1.82, 2.24) is 19.6 Å². The Bertz CT molecular complexity index is 1170. The van der Waals surface area contributed by atoms with E-state index in [4.69, 9.17) is 4.84 Å². The lowest BCUT2D eigenvalue weighted by Gasteiger charge is -2.14. The van der Waals surface area contributed by atoms with Gasteiger partial charge < -0.3 is 5.32 Å². The molecule has 1 aliphatic rings. The molecule has 2 aromatic carbocycles. The van der Waals surface area contributed by atoms with Gasteiger partial charge in [-0.05, 0) is 49.2 Å². The SMILES string of the molecule is CON(C)S(=O)(=O)c1ccc(C(=O)Nc2cccc(-c3n[nH]c(C4CC4)n3)c2)cc1. The zero-order chi connectivity index (χ0) is 21.3. The maximum absolute atomic E-state index is 12.6. The molecule has 1 fully saturated rings. The van der Waals surface area contributed by atoms with Crippen molar-refractivity contribution in [3.05, 3.63) is 59.9 Å². The first-order chi connectivity index (χ1) is 14.4. The highest BCUT2D eigenvalue weighted by atomic mass is 32.2. The second kappa shape index (κ2) is 7.98. The molecule has 2 N–H and O–H groups in total. The summed E-state index contributed by atoms with van der Waals surface area (Å²) in [6.07, 6.45) is 2.26. The molecule has 3 aromatic rings. The van der Waals surface area contributed by atoms with Gasteiger partial charge in [-0.25, -0.2) is 13.4 Å². The van der Waals surface area contributed by atoms with Crippen molar-refractivity contribution in [2.24, 2.45) is 0 Å². The summed E-state index contributed by atoms with van der Waals surface area (Å²) in [7, 11) is -1.20. The van der Waals surface area contributed by atoms with Crippen LogP contribution in [-0.2, 0) is 14.9 Å². The molecule has 9 nitrogen and oxygen atoms in total. The largest absolute Gasteiger partial charge is 0.322 e. The smallest absolute Gasteiger partial charge is 0.264 e. The zero-order valence-electron chi connectivity index (χ0n) is 16.5. The number of hydrogen-bond donors (Lipinski definition) is 2. The maximum Gasteiger partial charge on any atom is 0.264 e. The second-order valence-electron chi connectivity index (χ2n) is 6.98. The van der Waals surface area contributed by atoms with Crippen molar-refractivity contribution in [1.29, 1.82) is 0 Å². The Morgan fingerprint density at radius 2 is 1.93 bits per heavy atom. The standard InChI is InChI=1S/C20H21N5O4S/c1-25(29-2)30(27,28)17-10-8-14(9-11-17)20(26)21-16-5-3-4-15(12-16)19-22-18(23-24-19)13-6-7-13/h3-5,8-13H,6-7H2,1-2H3,(H,21,26)(H,22,23,24). The number of hydroxylamine groups is 1. The molecule has 1 aliphatic carbocycles. The van der Waals surface area contributed by atoms with Gasteiger partial charge in [0.1, 0.15) is 5.82 Å². The second-order valence-corrected chi connectivity index (χ2v) is 8.91. The molecule has 1 amide bonds. The number of aromatic amines is 1. The number of carbonyl (C=O) groups excluding carboxylic acids is 1. The van der Waals surface area contributed by atoms with Crippen LogP contribution in [0.15, 0.2) is 53.4 Å². The number of anilines is 1. The van der Waals surface area contributed by atoms with Crippen molar-refractivity contribution < 1.29 is 18.0 Å². The predicted octanol–water partition coefficient (Wildman–Crippen LogP) is 2.78. The lowest BCUT2D eigenvalue weighted by atomic mass is 10.1. The summed E-state index contributed by atoms with van der Waals surface area (Å²) in [4.78, 5) is 21.9. The Hall–Kier alpha value is -3.08. The molecule has 4 rings (SSSR count). The quantitative estimate of drug-likeness (QED) is 0.560. The number of aromatic nitrogens is 3. The first-order valence-corrected chi connectivity index (χ1v) is 10.8. The Balaban J connectivity index is 1.48. The average molecular weight is 427 g/mol. The number of rotatable bonds is 7. The highest BCUT2D eigenvalue weighted by molar-refractivity contribution is 7.89. The molecule has 0 saturated heterocycles. The van der Waals surface area contributed by atoms with Crippen LogP contribution in [0.5, 0.6) is 0 Å². The minimum atomic E-state index is -3.76. The average Bonchev–Trinajstić information content (AvgIpc) is 3.49. The van der Waals surface area contributed by atoms with Crippen LogP contribution in [0.1, 0.15) is 34.9 Å². The molecule has 0 aliphatic heterocycles. The van der Waals surface area contributed by atoms with Crippen molar-refractivity contribution in [3.63, 3.8) is 0 Å². The molecule has 30 heavy (non-hydrogen) atoms. The fraction of sp³-hybridized carbons (Fsp3) is 0.250. The molecular weight excluding hydrogens is 406 g/mol. The molecule has 0 bridgehead atoms. The summed E-state index contributed by atoms with van der Waals surface area (Å²) in [5, 5.41) is 10.0. The summed E-state index contributed by atoms with van der Waals surface area (Å²) in [5.74, 6) is 1.60. The molecule has 1 saturated carbocycles. The van der Waals surface area contributed by atoms with Crippen molar-refractivity contribution in [3.8, 4) is 11.4 Å². The summed E-state index contributed by atoms with van der Waals surface area (Å²) in [5.41, 5.74) is 1.71. The maximum atomic E-state index is 12.6. The third kappa shape index (κ3) is 4.11. The van der Waals surface area contributed by atoms with E-state index in [9.17, 15) is 13.2 Å². The van der Waals surface area contributed by atoms with E-state index in [2.05, 4.69) is 20.5 Å². The summed E-state index contributed by atoms with van der Waals surface area (Å²) >= 11 is 0. The number of nitrogens with one attached hydrogen (secondary N) is 2. The van der Waals surface area contributed by atoms with E-state index in [1.165, 1.54) is 38.4 Å². The Morgan fingerprint density at radius 1 is 1.20 bits per heavy atom. The third-order valence-corrected chi connectivity index (χ3v) is 6.55. The number of H-pyrrole nitrogens is 1. The van der Waals surface area contributed by atoms with Crippen LogP contribution in [0.2, 0.25) is 0 Å². The first kappa shape index (κ1) is 20.2. The Kier molecular flexibility index (Phi) is 5.37. The van der Waals surface area contributed by atoms with Crippen LogP contribution < -0.4 is 5.32 Å². The van der Waals surface area contributed by atoms with Gasteiger partial charge in [0.15, 0.2) is 5.82 Å². The number of sulfonamides is 1. The molecule has 1 aromatic heterocycles. The summed E-state index contributed by atoms with van der Waals surface area (Å²) in [6, 6.07) is 12.9. The van der Waals surface area contributed by atoms with E-state index in [1.807, 2.05) is 12.1 Å². The number of carbonyl (C=O) groups is 1. The Labute approximate surface area is 174 Å². The molecular formula is C20H21N5O4S. The van der Waals surface area contributed by atoms with Gasteiger partial charge >= 0.3 is 0 Å². The summed E-state index contributed by atoms with van der Waals surface area (Å²) < 4.78 is 25.2. The summed E-state index contributed by atoms with van der Waals surface area (Å²) in [6.45, 7) is 0. The van der Waals surface area contributed by atoms with Gasteiger partial charge in [0, 0.05) is 29.8 Å². The van der Waals surface area contributed by atoms with Gasteiger partial charge in [0.05, 0.1) is 12.0 Å². The Morgan fingerprint density at radius 3 is 2.60 bits per heavy atom. The predicted molar refractivity (Wildman–Crippen MR) is 110 cm³/mol. The minimum Gasteiger partial charge on any atom is -0.322 e. The minimum absolute atomic E-state index is 0.0291. The number of hydrogen-bond acceptors (Lipinski definition) is 6. The van der Waals surface area contributed by atoms with Gasteiger partial charge in [0.2, 0.25) is 0 Å². The van der Waals surface area contributed by atoms with Crippen molar-refractivity contribution >= 4 is 21.6 Å². The monoisotopic (exact) mass is 427 g/mol. The topological polar surface area (TPSA) is 117 Å². The number of nitrogens with zero attached hydrogens (tertiary/aromatic N) is 3. The van der Waals surface area contributed by atoms with E-state index in [-0.39, 0.29) is 10.8 Å². The van der Waals surface area contributed by atoms with Crippen LogP contribution in [0, 0.1) is 0 Å². The van der Waals surface area contributed by atoms with E-state index in [1.54, 1.807) is 12.1 Å². The highest BCUT2D eigenvalue weighted by Crippen LogP contribution is 2.38. The van der Waals surface area contributed by atoms with Crippen LogP contribution in [0.4, 0.5) is 5.69 Å². The van der Waals surface area contributed by atoms with Crippen molar-refractivity contribution in [2.45, 2.75) is 23.7 Å². The molecule has 10 heteroatoms. The first-order valence-electron chi connectivity index (χ1n) is 9.35. The number of benzene rings is 2. The van der Waals surface area contributed by atoms with Crippen LogP contribution in [0.3, 0.4) is 0 Å². The molecule has 0 unspecified atom stereocenters. The van der Waals surface area contributed by atoms with Crippen LogP contribution in [0.25, 0.3) is 11.4 Å². The van der Waals surface area contributed by atoms with Gasteiger partial charge in [-0.1, -0.05) is 16.6 Å². The van der Waals surface area contributed by atoms with Gasteiger partial charge in [-0.3, -0.25) is 14.7 Å². The normalized spacial score (nSPS) is 14.1. The molecule has 0 atom stereocenters. The third-order valence-electron chi connectivity index (χ3n) is 4.86. The molecule has 1 heterocycles. The van der Waals surface area contributed by atoms with Crippen LogP contribution in [-0.4, -0.2) is 48.1 Å². The van der Waals surface area contributed by atoms with Gasteiger partial charge in [-0.15, -0.1) is 0 Å². The lowest BCUT2D eigenvalue weighted by Crippen LogP contribution is -2.25. The van der Waals surface area contributed by atoms with Crippen molar-refractivity contribution in [2.75, 3.05) is 19.5 Å². The van der Waals surface area contributed by atoms with Gasteiger partial charge in [-0.2, -0.15) is 5.10 Å². The van der Waals surface area contributed by atoms with E-state index < -0.39 is 10.0 Å². The van der Waals surface area contributed by atoms with E-state index >= 15 is 0 Å². The zero-order valence-corrected chi connectivity index (χ0v) is 17.3. The fourth-order valence-electron chi connectivity index (χ4n) is 2.91. The lowest BCUT2D eigenvalue weighted by molar-refractivity contribution is -0.0258. The highest BCUT2D eigenvalue weighted by Gasteiger charge is 2.27. The van der Waals surface area contributed by atoms with Crippen LogP contribution >= 0.6 is 0 Å². The molecule has 0 radical (unpaired) electrons. The fourth-order valence-corrected chi connectivity index (χ4v) is 3.88. The van der Waals surface area contributed by atoms with E-state index in [0.29, 0.717) is 23.0 Å². The van der Waals surface area contributed by atoms with Gasteiger partial charge in [0.25, 0.3) is 15.9 Å². The molecule has 156 valence electrons. The van der Waals surface area contributed by atoms with E-state index in [0.717, 1.165) is 28.7 Å². The number of amides is 1. The molecule has 0 spiro atoms.